The number of hydrogen-bond donors (Lipinski definition) is 2. The first-order valence-electron chi connectivity index (χ1n) is 6.33. The van der Waals surface area contributed by atoms with E-state index >= 15 is 0 Å². The molecule has 1 heterocycles. The van der Waals surface area contributed by atoms with Crippen molar-refractivity contribution in [2.24, 2.45) is 0 Å². The van der Waals surface area contributed by atoms with Gasteiger partial charge in [-0.25, -0.2) is 4.79 Å². The number of thiophene rings is 1. The topological polar surface area (TPSA) is 80.4 Å². The predicted molar refractivity (Wildman–Crippen MR) is 77.5 cm³/mol. The summed E-state index contributed by atoms with van der Waals surface area (Å²) in [6.07, 6.45) is 1.21. The van der Waals surface area contributed by atoms with Gasteiger partial charge in [0.1, 0.15) is 5.00 Å². The summed E-state index contributed by atoms with van der Waals surface area (Å²) in [6.45, 7) is 0. The highest BCUT2D eigenvalue weighted by Crippen LogP contribution is 2.41. The van der Waals surface area contributed by atoms with Crippen molar-refractivity contribution in [3.63, 3.8) is 0 Å². The fourth-order valence-corrected chi connectivity index (χ4v) is 3.84. The Morgan fingerprint density at radius 3 is 2.65 bits per heavy atom. The van der Waals surface area contributed by atoms with Crippen molar-refractivity contribution in [3.05, 3.63) is 51.9 Å². The minimum Gasteiger partial charge on any atom is -0.478 e. The largest absolute Gasteiger partial charge is 0.478 e. The summed E-state index contributed by atoms with van der Waals surface area (Å²) in [7, 11) is 0. The monoisotopic (exact) mass is 287 g/mol. The average molecular weight is 287 g/mol. The van der Waals surface area contributed by atoms with Gasteiger partial charge in [0.25, 0.3) is 0 Å². The van der Waals surface area contributed by atoms with Crippen molar-refractivity contribution in [1.82, 2.24) is 0 Å². The zero-order valence-corrected chi connectivity index (χ0v) is 11.4. The fourth-order valence-electron chi connectivity index (χ4n) is 2.74. The molecule has 0 radical (unpaired) electrons. The van der Waals surface area contributed by atoms with Crippen LogP contribution in [0.3, 0.4) is 0 Å². The number of aromatic carboxylic acids is 1. The Hall–Kier alpha value is -2.14. The molecular formula is C15H13NO3S. The Bertz CT molecular complexity index is 691. The van der Waals surface area contributed by atoms with E-state index in [0.29, 0.717) is 23.3 Å². The van der Waals surface area contributed by atoms with Crippen molar-refractivity contribution in [1.29, 1.82) is 0 Å². The average Bonchev–Trinajstić information content (AvgIpc) is 2.77. The Morgan fingerprint density at radius 1 is 1.30 bits per heavy atom. The number of carbonyl (C=O) groups excluding carboxylic acids is 1. The first-order chi connectivity index (χ1) is 9.59. The molecule has 3 N–H and O–H groups in total. The van der Waals surface area contributed by atoms with E-state index in [4.69, 9.17) is 5.73 Å². The SMILES string of the molecule is Nc1sc2c(c1C(=O)O)CCC(c1ccccc1)C2=O. The van der Waals surface area contributed by atoms with Gasteiger partial charge in [0.15, 0.2) is 5.78 Å². The van der Waals surface area contributed by atoms with Crippen molar-refractivity contribution < 1.29 is 14.7 Å². The number of benzene rings is 1. The lowest BCUT2D eigenvalue weighted by Gasteiger charge is -2.21. The molecule has 1 aromatic carbocycles. The highest BCUT2D eigenvalue weighted by Gasteiger charge is 2.34. The van der Waals surface area contributed by atoms with E-state index in [1.54, 1.807) is 0 Å². The molecule has 0 spiro atoms. The summed E-state index contributed by atoms with van der Waals surface area (Å²) in [4.78, 5) is 24.3. The Morgan fingerprint density at radius 2 is 2.00 bits per heavy atom. The molecule has 3 rings (SSSR count). The predicted octanol–water partition coefficient (Wildman–Crippen LogP) is 2.94. The maximum Gasteiger partial charge on any atom is 0.338 e. The summed E-state index contributed by atoms with van der Waals surface area (Å²) < 4.78 is 0. The van der Waals surface area contributed by atoms with Crippen LogP contribution in [0.5, 0.6) is 0 Å². The number of anilines is 1. The van der Waals surface area contributed by atoms with Crippen LogP contribution in [-0.2, 0) is 6.42 Å². The molecule has 102 valence electrons. The van der Waals surface area contributed by atoms with Gasteiger partial charge in [0.2, 0.25) is 0 Å². The zero-order valence-electron chi connectivity index (χ0n) is 10.6. The van der Waals surface area contributed by atoms with Crippen molar-refractivity contribution >= 4 is 28.1 Å². The first kappa shape index (κ1) is 12.9. The molecule has 0 bridgehead atoms. The number of carboxylic acid groups (broad SMARTS) is 1. The zero-order chi connectivity index (χ0) is 14.3. The number of carbonyl (C=O) groups is 2. The van der Waals surface area contributed by atoms with Crippen LogP contribution in [0.1, 0.15) is 43.5 Å². The molecular weight excluding hydrogens is 274 g/mol. The van der Waals surface area contributed by atoms with Gasteiger partial charge in [-0.2, -0.15) is 0 Å². The van der Waals surface area contributed by atoms with Crippen molar-refractivity contribution in [3.8, 4) is 0 Å². The van der Waals surface area contributed by atoms with Gasteiger partial charge in [0.05, 0.1) is 10.4 Å². The molecule has 0 saturated carbocycles. The molecule has 4 nitrogen and oxygen atoms in total. The van der Waals surface area contributed by atoms with E-state index in [1.807, 2.05) is 30.3 Å². The highest BCUT2D eigenvalue weighted by atomic mass is 32.1. The second-order valence-corrected chi connectivity index (χ2v) is 5.87. The first-order valence-corrected chi connectivity index (χ1v) is 7.15. The minimum atomic E-state index is -1.05. The fraction of sp³-hybridized carbons (Fsp3) is 0.200. The van der Waals surface area contributed by atoms with Crippen LogP contribution >= 0.6 is 11.3 Å². The molecule has 2 aromatic rings. The lowest BCUT2D eigenvalue weighted by atomic mass is 9.82. The van der Waals surface area contributed by atoms with Gasteiger partial charge in [-0.05, 0) is 24.0 Å². The van der Waals surface area contributed by atoms with Crippen LogP contribution in [0.15, 0.2) is 30.3 Å². The van der Waals surface area contributed by atoms with Gasteiger partial charge in [-0.1, -0.05) is 30.3 Å². The summed E-state index contributed by atoms with van der Waals surface area (Å²) in [5.74, 6) is -1.25. The minimum absolute atomic E-state index is 0.0124. The lowest BCUT2D eigenvalue weighted by Crippen LogP contribution is -2.20. The number of ketones is 1. The van der Waals surface area contributed by atoms with Crippen LogP contribution in [0.2, 0.25) is 0 Å². The molecule has 1 unspecified atom stereocenters. The summed E-state index contributed by atoms with van der Waals surface area (Å²) >= 11 is 1.10. The normalized spacial score (nSPS) is 17.8. The number of fused-ring (bicyclic) bond motifs is 1. The van der Waals surface area contributed by atoms with E-state index in [2.05, 4.69) is 0 Å². The summed E-state index contributed by atoms with van der Waals surface area (Å²) in [5, 5.41) is 9.42. The molecule has 1 aromatic heterocycles. The number of Topliss-reactive ketones (excluding diaryl/α,β-unsaturated/α-hetero) is 1. The van der Waals surface area contributed by atoms with Crippen LogP contribution in [0.25, 0.3) is 0 Å². The Kier molecular flexibility index (Phi) is 3.06. The smallest absolute Gasteiger partial charge is 0.338 e. The van der Waals surface area contributed by atoms with Gasteiger partial charge < -0.3 is 10.8 Å². The molecule has 0 aliphatic heterocycles. The molecule has 1 aliphatic carbocycles. The van der Waals surface area contributed by atoms with E-state index < -0.39 is 5.97 Å². The molecule has 1 atom stereocenters. The second kappa shape index (κ2) is 4.76. The third-order valence-corrected chi connectivity index (χ3v) is 4.75. The molecule has 0 fully saturated rings. The van der Waals surface area contributed by atoms with E-state index in [-0.39, 0.29) is 22.3 Å². The molecule has 20 heavy (non-hydrogen) atoms. The van der Waals surface area contributed by atoms with E-state index in [1.165, 1.54) is 0 Å². The number of hydrogen-bond acceptors (Lipinski definition) is 4. The van der Waals surface area contributed by atoms with Crippen LogP contribution < -0.4 is 5.73 Å². The Balaban J connectivity index is 2.04. The number of nitrogen functional groups attached to an aromatic ring is 1. The maximum absolute atomic E-state index is 12.6. The molecule has 0 amide bonds. The van der Waals surface area contributed by atoms with E-state index in [0.717, 1.165) is 16.9 Å². The molecule has 5 heteroatoms. The molecule has 0 saturated heterocycles. The molecule has 1 aliphatic rings. The van der Waals surface area contributed by atoms with Gasteiger partial charge in [-0.3, -0.25) is 4.79 Å². The van der Waals surface area contributed by atoms with Gasteiger partial charge in [0, 0.05) is 5.92 Å². The van der Waals surface area contributed by atoms with Crippen molar-refractivity contribution in [2.45, 2.75) is 18.8 Å². The summed E-state index contributed by atoms with van der Waals surface area (Å²) in [5.41, 5.74) is 7.46. The van der Waals surface area contributed by atoms with Crippen LogP contribution in [0, 0.1) is 0 Å². The van der Waals surface area contributed by atoms with Crippen LogP contribution in [0.4, 0.5) is 5.00 Å². The Labute approximate surface area is 119 Å². The summed E-state index contributed by atoms with van der Waals surface area (Å²) in [6, 6.07) is 9.59. The van der Waals surface area contributed by atoms with Gasteiger partial charge in [-0.15, -0.1) is 11.3 Å². The lowest BCUT2D eigenvalue weighted by molar-refractivity contribution is 0.0697. The quantitative estimate of drug-likeness (QED) is 0.890. The maximum atomic E-state index is 12.6. The van der Waals surface area contributed by atoms with Crippen molar-refractivity contribution in [2.75, 3.05) is 5.73 Å². The van der Waals surface area contributed by atoms with E-state index in [9.17, 15) is 14.7 Å². The standard InChI is InChI=1S/C15H13NO3S/c16-14-11(15(18)19)10-7-6-9(12(17)13(10)20-14)8-4-2-1-3-5-8/h1-5,9H,6-7,16H2,(H,18,19). The third kappa shape index (κ3) is 1.91. The number of nitrogens with two attached hydrogens (primary N) is 1. The highest BCUT2D eigenvalue weighted by molar-refractivity contribution is 7.18. The number of carboxylic acids is 1. The number of rotatable bonds is 2. The second-order valence-electron chi connectivity index (χ2n) is 4.82. The van der Waals surface area contributed by atoms with Gasteiger partial charge >= 0.3 is 5.97 Å². The van der Waals surface area contributed by atoms with Crippen LogP contribution in [-0.4, -0.2) is 16.9 Å². The third-order valence-electron chi connectivity index (χ3n) is 3.67.